The fourth-order valence-corrected chi connectivity index (χ4v) is 1.54. The lowest BCUT2D eigenvalue weighted by Gasteiger charge is -2.21. The largest absolute Gasteiger partial charge is 0.396 e. The molecular weight excluding hydrogens is 218 g/mol. The third-order valence-electron chi connectivity index (χ3n) is 2.80. The minimum atomic E-state index is -0.105. The number of aliphatic hydroxyl groups excluding tert-OH is 1. The molecule has 0 aliphatic heterocycles. The Labute approximate surface area is 102 Å². The lowest BCUT2D eigenvalue weighted by Crippen LogP contribution is -2.28. The zero-order chi connectivity index (χ0) is 12.9. The van der Waals surface area contributed by atoms with E-state index in [4.69, 9.17) is 5.11 Å². The molecule has 1 aromatic rings. The first kappa shape index (κ1) is 13.7. The Morgan fingerprint density at radius 1 is 1.59 bits per heavy atom. The minimum absolute atomic E-state index is 0.0722. The standard InChI is InChI=1S/C12H21N3O2/c1-12(2,9-16)6-4-7-13-11(17)10-5-8-14-15(10)3/h5,8,16H,4,6-7,9H2,1-3H3,(H,13,17). The Hall–Kier alpha value is -1.36. The maximum absolute atomic E-state index is 11.7. The molecule has 1 aromatic heterocycles. The van der Waals surface area contributed by atoms with Gasteiger partial charge in [0.25, 0.3) is 5.91 Å². The quantitative estimate of drug-likeness (QED) is 0.726. The van der Waals surface area contributed by atoms with Gasteiger partial charge in [0.2, 0.25) is 0 Å². The van der Waals surface area contributed by atoms with Gasteiger partial charge in [-0.3, -0.25) is 9.48 Å². The summed E-state index contributed by atoms with van der Waals surface area (Å²) in [4.78, 5) is 11.7. The average Bonchev–Trinajstić information content (AvgIpc) is 2.71. The van der Waals surface area contributed by atoms with E-state index in [0.29, 0.717) is 12.2 Å². The van der Waals surface area contributed by atoms with Crippen molar-refractivity contribution in [2.75, 3.05) is 13.2 Å². The van der Waals surface area contributed by atoms with E-state index >= 15 is 0 Å². The molecule has 0 bridgehead atoms. The van der Waals surface area contributed by atoms with E-state index in [1.807, 2.05) is 13.8 Å². The number of nitrogens with zero attached hydrogens (tertiary/aromatic N) is 2. The third kappa shape index (κ3) is 4.19. The average molecular weight is 239 g/mol. The Kier molecular flexibility index (Phi) is 4.69. The molecule has 0 aliphatic carbocycles. The molecule has 96 valence electrons. The number of amides is 1. The van der Waals surface area contributed by atoms with Gasteiger partial charge >= 0.3 is 0 Å². The molecular formula is C12H21N3O2. The number of rotatable bonds is 6. The summed E-state index contributed by atoms with van der Waals surface area (Å²) < 4.78 is 1.55. The smallest absolute Gasteiger partial charge is 0.269 e. The number of hydrogen-bond acceptors (Lipinski definition) is 3. The van der Waals surface area contributed by atoms with E-state index in [0.717, 1.165) is 12.8 Å². The van der Waals surface area contributed by atoms with E-state index in [1.54, 1.807) is 24.0 Å². The molecule has 5 nitrogen and oxygen atoms in total. The van der Waals surface area contributed by atoms with Crippen LogP contribution in [0.15, 0.2) is 12.3 Å². The normalized spacial score (nSPS) is 11.5. The molecule has 0 atom stereocenters. The van der Waals surface area contributed by atoms with E-state index < -0.39 is 0 Å². The first-order chi connectivity index (χ1) is 7.96. The molecule has 1 heterocycles. The van der Waals surface area contributed by atoms with Crippen LogP contribution in [-0.2, 0) is 7.05 Å². The van der Waals surface area contributed by atoms with Crippen LogP contribution in [0.5, 0.6) is 0 Å². The lowest BCUT2D eigenvalue weighted by atomic mass is 9.89. The number of carbonyl (C=O) groups is 1. The highest BCUT2D eigenvalue weighted by Gasteiger charge is 2.16. The summed E-state index contributed by atoms with van der Waals surface area (Å²) in [6, 6.07) is 1.69. The first-order valence-electron chi connectivity index (χ1n) is 5.83. The number of hydrogen-bond donors (Lipinski definition) is 2. The zero-order valence-electron chi connectivity index (χ0n) is 10.7. The topological polar surface area (TPSA) is 67.2 Å². The Morgan fingerprint density at radius 2 is 2.29 bits per heavy atom. The maximum Gasteiger partial charge on any atom is 0.269 e. The molecule has 2 N–H and O–H groups in total. The van der Waals surface area contributed by atoms with Crippen LogP contribution in [0.25, 0.3) is 0 Å². The van der Waals surface area contributed by atoms with Gasteiger partial charge in [0.1, 0.15) is 5.69 Å². The van der Waals surface area contributed by atoms with Crippen molar-refractivity contribution in [2.24, 2.45) is 12.5 Å². The first-order valence-corrected chi connectivity index (χ1v) is 5.83. The second-order valence-electron chi connectivity index (χ2n) is 5.02. The molecule has 0 aliphatic rings. The minimum Gasteiger partial charge on any atom is -0.396 e. The molecule has 0 aromatic carbocycles. The van der Waals surface area contributed by atoms with Crippen LogP contribution in [0.4, 0.5) is 0 Å². The Bertz CT molecular complexity index is 372. The highest BCUT2D eigenvalue weighted by molar-refractivity contribution is 5.92. The number of aromatic nitrogens is 2. The summed E-state index contributed by atoms with van der Waals surface area (Å²) in [7, 11) is 1.74. The number of aliphatic hydroxyl groups is 1. The fraction of sp³-hybridized carbons (Fsp3) is 0.667. The van der Waals surface area contributed by atoms with Crippen LogP contribution in [0.3, 0.4) is 0 Å². The molecule has 1 amide bonds. The van der Waals surface area contributed by atoms with Crippen LogP contribution in [-0.4, -0.2) is 33.9 Å². The second kappa shape index (κ2) is 5.82. The van der Waals surface area contributed by atoms with Crippen molar-refractivity contribution in [1.29, 1.82) is 0 Å². The summed E-state index contributed by atoms with van der Waals surface area (Å²) in [6.07, 6.45) is 3.34. The molecule has 1 rings (SSSR count). The Morgan fingerprint density at radius 3 is 2.82 bits per heavy atom. The summed E-state index contributed by atoms with van der Waals surface area (Å²) in [5.74, 6) is -0.105. The van der Waals surface area contributed by atoms with Crippen LogP contribution >= 0.6 is 0 Å². The van der Waals surface area contributed by atoms with Gasteiger partial charge in [-0.2, -0.15) is 5.10 Å². The molecule has 0 fully saturated rings. The van der Waals surface area contributed by atoms with Gasteiger partial charge < -0.3 is 10.4 Å². The number of nitrogens with one attached hydrogen (secondary N) is 1. The van der Waals surface area contributed by atoms with Gasteiger partial charge in [0.15, 0.2) is 0 Å². The summed E-state index contributed by atoms with van der Waals surface area (Å²) in [5.41, 5.74) is 0.489. The highest BCUT2D eigenvalue weighted by atomic mass is 16.3. The molecule has 0 saturated carbocycles. The van der Waals surface area contributed by atoms with E-state index in [1.165, 1.54) is 0 Å². The summed E-state index contributed by atoms with van der Waals surface area (Å²) in [6.45, 7) is 4.81. The molecule has 0 saturated heterocycles. The number of aryl methyl sites for hydroxylation is 1. The number of carbonyl (C=O) groups excluding carboxylic acids is 1. The molecule has 0 spiro atoms. The summed E-state index contributed by atoms with van der Waals surface area (Å²) >= 11 is 0. The second-order valence-corrected chi connectivity index (χ2v) is 5.02. The van der Waals surface area contributed by atoms with Crippen molar-refractivity contribution in [2.45, 2.75) is 26.7 Å². The van der Waals surface area contributed by atoms with Crippen molar-refractivity contribution < 1.29 is 9.90 Å². The predicted octanol–water partition coefficient (Wildman–Crippen LogP) is 0.949. The Balaban J connectivity index is 2.29. The van der Waals surface area contributed by atoms with Crippen LogP contribution in [0, 0.1) is 5.41 Å². The maximum atomic E-state index is 11.7. The predicted molar refractivity (Wildman–Crippen MR) is 65.6 cm³/mol. The molecule has 0 unspecified atom stereocenters. The zero-order valence-corrected chi connectivity index (χ0v) is 10.7. The van der Waals surface area contributed by atoms with Crippen molar-refractivity contribution in [3.8, 4) is 0 Å². The van der Waals surface area contributed by atoms with Gasteiger partial charge in [-0.25, -0.2) is 0 Å². The SMILES string of the molecule is Cn1nccc1C(=O)NCCCC(C)(C)CO. The van der Waals surface area contributed by atoms with Crippen molar-refractivity contribution in [3.05, 3.63) is 18.0 Å². The van der Waals surface area contributed by atoms with E-state index in [-0.39, 0.29) is 17.9 Å². The van der Waals surface area contributed by atoms with Crippen molar-refractivity contribution in [3.63, 3.8) is 0 Å². The van der Waals surface area contributed by atoms with E-state index in [2.05, 4.69) is 10.4 Å². The van der Waals surface area contributed by atoms with Gasteiger partial charge in [0.05, 0.1) is 0 Å². The van der Waals surface area contributed by atoms with Gasteiger partial charge in [-0.05, 0) is 24.3 Å². The molecule has 17 heavy (non-hydrogen) atoms. The third-order valence-corrected chi connectivity index (χ3v) is 2.80. The van der Waals surface area contributed by atoms with Gasteiger partial charge in [-0.15, -0.1) is 0 Å². The van der Waals surface area contributed by atoms with Crippen molar-refractivity contribution in [1.82, 2.24) is 15.1 Å². The van der Waals surface area contributed by atoms with Gasteiger partial charge in [0, 0.05) is 26.4 Å². The highest BCUT2D eigenvalue weighted by Crippen LogP contribution is 2.20. The summed E-state index contributed by atoms with van der Waals surface area (Å²) in [5, 5.41) is 15.9. The van der Waals surface area contributed by atoms with Crippen LogP contribution < -0.4 is 5.32 Å². The van der Waals surface area contributed by atoms with Crippen LogP contribution in [0.2, 0.25) is 0 Å². The monoisotopic (exact) mass is 239 g/mol. The lowest BCUT2D eigenvalue weighted by molar-refractivity contribution is 0.0939. The van der Waals surface area contributed by atoms with Gasteiger partial charge in [-0.1, -0.05) is 13.8 Å². The van der Waals surface area contributed by atoms with Crippen molar-refractivity contribution >= 4 is 5.91 Å². The fourth-order valence-electron chi connectivity index (χ4n) is 1.54. The molecule has 0 radical (unpaired) electrons. The van der Waals surface area contributed by atoms with E-state index in [9.17, 15) is 4.79 Å². The molecule has 5 heteroatoms. The van der Waals surface area contributed by atoms with Crippen LogP contribution in [0.1, 0.15) is 37.2 Å².